The van der Waals surface area contributed by atoms with Crippen LogP contribution in [-0.4, -0.2) is 49.1 Å². The molecule has 4 atom stereocenters. The normalized spacial score (nSPS) is 39.4. The lowest BCUT2D eigenvalue weighted by atomic mass is 9.88. The number of fused-ring (bicyclic) bond motifs is 2. The van der Waals surface area contributed by atoms with Crippen molar-refractivity contribution < 1.29 is 4.79 Å². The number of amides is 1. The maximum Gasteiger partial charge on any atom is 0.224 e. The van der Waals surface area contributed by atoms with E-state index in [-0.39, 0.29) is 5.92 Å². The van der Waals surface area contributed by atoms with Crippen LogP contribution >= 0.6 is 0 Å². The van der Waals surface area contributed by atoms with E-state index in [4.69, 9.17) is 0 Å². The third-order valence-electron chi connectivity index (χ3n) is 5.02. The summed E-state index contributed by atoms with van der Waals surface area (Å²) in [7, 11) is 0. The van der Waals surface area contributed by atoms with E-state index in [0.29, 0.717) is 23.9 Å². The second kappa shape index (κ2) is 5.17. The Morgan fingerprint density at radius 3 is 2.89 bits per heavy atom. The lowest BCUT2D eigenvalue weighted by Gasteiger charge is -2.20. The van der Waals surface area contributed by atoms with Gasteiger partial charge in [-0.1, -0.05) is 6.92 Å². The highest BCUT2D eigenvalue weighted by Gasteiger charge is 2.42. The smallest absolute Gasteiger partial charge is 0.224 e. The number of nitrogens with one attached hydrogen (secondary N) is 2. The summed E-state index contributed by atoms with van der Waals surface area (Å²) in [5.74, 6) is 1.21. The van der Waals surface area contributed by atoms with Crippen LogP contribution in [0.2, 0.25) is 0 Å². The van der Waals surface area contributed by atoms with Crippen molar-refractivity contribution in [1.82, 2.24) is 15.5 Å². The van der Waals surface area contributed by atoms with Crippen LogP contribution in [0.15, 0.2) is 0 Å². The number of hydrogen-bond acceptors (Lipinski definition) is 3. The zero-order valence-corrected chi connectivity index (χ0v) is 11.3. The van der Waals surface area contributed by atoms with Crippen LogP contribution in [0.1, 0.15) is 32.6 Å². The summed E-state index contributed by atoms with van der Waals surface area (Å²) >= 11 is 0. The van der Waals surface area contributed by atoms with E-state index in [1.807, 2.05) is 0 Å². The molecule has 3 rings (SSSR count). The quantitative estimate of drug-likeness (QED) is 0.768. The second-order valence-corrected chi connectivity index (χ2v) is 6.18. The minimum atomic E-state index is 0.243. The SMILES string of the molecule is CCN1CCC(CNC(=O)C2CC3CCC2N3)C1. The van der Waals surface area contributed by atoms with Gasteiger partial charge in [-0.3, -0.25) is 4.79 Å². The lowest BCUT2D eigenvalue weighted by molar-refractivity contribution is -0.125. The highest BCUT2D eigenvalue weighted by molar-refractivity contribution is 5.80. The first-order valence-electron chi connectivity index (χ1n) is 7.52. The van der Waals surface area contributed by atoms with Crippen LogP contribution in [0.5, 0.6) is 0 Å². The van der Waals surface area contributed by atoms with Gasteiger partial charge < -0.3 is 15.5 Å². The third-order valence-corrected chi connectivity index (χ3v) is 5.02. The molecule has 18 heavy (non-hydrogen) atoms. The van der Waals surface area contributed by atoms with E-state index < -0.39 is 0 Å². The number of rotatable bonds is 4. The molecular formula is C14H25N3O. The number of nitrogens with zero attached hydrogens (tertiary/aromatic N) is 1. The fraction of sp³-hybridized carbons (Fsp3) is 0.929. The van der Waals surface area contributed by atoms with Gasteiger partial charge in [0, 0.05) is 25.2 Å². The zero-order valence-electron chi connectivity index (χ0n) is 11.3. The Bertz CT molecular complexity index is 320. The summed E-state index contributed by atoms with van der Waals surface area (Å²) in [5, 5.41) is 6.72. The zero-order chi connectivity index (χ0) is 12.5. The minimum absolute atomic E-state index is 0.243. The number of hydrogen-bond donors (Lipinski definition) is 2. The second-order valence-electron chi connectivity index (χ2n) is 6.18. The Labute approximate surface area is 109 Å². The lowest BCUT2D eigenvalue weighted by Crippen LogP contribution is -2.40. The van der Waals surface area contributed by atoms with Crippen LogP contribution < -0.4 is 10.6 Å². The van der Waals surface area contributed by atoms with Crippen LogP contribution in [0.25, 0.3) is 0 Å². The molecule has 2 N–H and O–H groups in total. The Kier molecular flexibility index (Phi) is 3.57. The van der Waals surface area contributed by atoms with E-state index in [1.54, 1.807) is 0 Å². The summed E-state index contributed by atoms with van der Waals surface area (Å²) < 4.78 is 0. The number of carbonyl (C=O) groups excluding carboxylic acids is 1. The molecule has 3 aliphatic rings. The summed E-state index contributed by atoms with van der Waals surface area (Å²) in [6.07, 6.45) is 4.75. The topological polar surface area (TPSA) is 44.4 Å². The van der Waals surface area contributed by atoms with Crippen LogP contribution in [0, 0.1) is 11.8 Å². The highest BCUT2D eigenvalue weighted by Crippen LogP contribution is 2.33. The molecule has 0 spiro atoms. The Hall–Kier alpha value is -0.610. The first kappa shape index (κ1) is 12.4. The molecule has 0 saturated carbocycles. The van der Waals surface area contributed by atoms with Crippen molar-refractivity contribution >= 4 is 5.91 Å². The monoisotopic (exact) mass is 251 g/mol. The molecule has 0 aromatic carbocycles. The van der Waals surface area contributed by atoms with Gasteiger partial charge in [0.2, 0.25) is 5.91 Å². The van der Waals surface area contributed by atoms with Crippen molar-refractivity contribution in [3.8, 4) is 0 Å². The fourth-order valence-electron chi connectivity index (χ4n) is 3.86. The van der Waals surface area contributed by atoms with E-state index in [0.717, 1.165) is 26.1 Å². The molecule has 4 heteroatoms. The van der Waals surface area contributed by atoms with Crippen molar-refractivity contribution in [2.75, 3.05) is 26.2 Å². The molecule has 2 bridgehead atoms. The van der Waals surface area contributed by atoms with Gasteiger partial charge in [0.15, 0.2) is 0 Å². The summed E-state index contributed by atoms with van der Waals surface area (Å²) in [6.45, 7) is 6.59. The predicted octanol–water partition coefficient (Wildman–Crippen LogP) is 0.585. The molecular weight excluding hydrogens is 226 g/mol. The Balaban J connectivity index is 1.42. The first-order valence-corrected chi connectivity index (χ1v) is 7.52. The van der Waals surface area contributed by atoms with Crippen molar-refractivity contribution in [2.45, 2.75) is 44.7 Å². The van der Waals surface area contributed by atoms with E-state index >= 15 is 0 Å². The molecule has 3 aliphatic heterocycles. The molecule has 0 aromatic heterocycles. The van der Waals surface area contributed by atoms with Gasteiger partial charge >= 0.3 is 0 Å². The summed E-state index contributed by atoms with van der Waals surface area (Å²) in [6, 6.07) is 1.08. The fourth-order valence-corrected chi connectivity index (χ4v) is 3.86. The van der Waals surface area contributed by atoms with Gasteiger partial charge in [-0.25, -0.2) is 0 Å². The number of carbonyl (C=O) groups is 1. The van der Waals surface area contributed by atoms with Crippen LogP contribution in [0.4, 0.5) is 0 Å². The van der Waals surface area contributed by atoms with E-state index in [1.165, 1.54) is 25.8 Å². The molecule has 1 amide bonds. The minimum Gasteiger partial charge on any atom is -0.355 e. The average molecular weight is 251 g/mol. The van der Waals surface area contributed by atoms with Crippen molar-refractivity contribution in [1.29, 1.82) is 0 Å². The first-order chi connectivity index (χ1) is 8.76. The van der Waals surface area contributed by atoms with Gasteiger partial charge in [-0.2, -0.15) is 0 Å². The van der Waals surface area contributed by atoms with Crippen LogP contribution in [0.3, 0.4) is 0 Å². The molecule has 0 aromatic rings. The summed E-state index contributed by atoms with van der Waals surface area (Å²) in [5.41, 5.74) is 0. The van der Waals surface area contributed by atoms with E-state index in [9.17, 15) is 4.79 Å². The largest absolute Gasteiger partial charge is 0.355 e. The van der Waals surface area contributed by atoms with Gasteiger partial charge in [-0.15, -0.1) is 0 Å². The average Bonchev–Trinajstić information content (AvgIpc) is 3.11. The molecule has 0 radical (unpaired) electrons. The van der Waals surface area contributed by atoms with Crippen LogP contribution in [-0.2, 0) is 4.79 Å². The Morgan fingerprint density at radius 1 is 1.39 bits per heavy atom. The molecule has 3 heterocycles. The number of likely N-dealkylation sites (tertiary alicyclic amines) is 1. The van der Waals surface area contributed by atoms with Crippen molar-refractivity contribution in [3.63, 3.8) is 0 Å². The molecule has 102 valence electrons. The maximum absolute atomic E-state index is 12.2. The van der Waals surface area contributed by atoms with Gasteiger partial charge in [0.25, 0.3) is 0 Å². The maximum atomic E-state index is 12.2. The summed E-state index contributed by atoms with van der Waals surface area (Å²) in [4.78, 5) is 14.6. The highest BCUT2D eigenvalue weighted by atomic mass is 16.1. The van der Waals surface area contributed by atoms with Crippen molar-refractivity contribution in [3.05, 3.63) is 0 Å². The van der Waals surface area contributed by atoms with Gasteiger partial charge in [0.1, 0.15) is 0 Å². The third kappa shape index (κ3) is 2.41. The Morgan fingerprint density at radius 2 is 2.28 bits per heavy atom. The predicted molar refractivity (Wildman–Crippen MR) is 71.3 cm³/mol. The molecule has 4 nitrogen and oxygen atoms in total. The standard InChI is InChI=1S/C14H25N3O/c1-2-17-6-5-10(9-17)8-15-14(18)12-7-11-3-4-13(12)16-11/h10-13,16H,2-9H2,1H3,(H,15,18). The molecule has 4 unspecified atom stereocenters. The molecule has 3 fully saturated rings. The van der Waals surface area contributed by atoms with E-state index in [2.05, 4.69) is 22.5 Å². The molecule has 0 aliphatic carbocycles. The van der Waals surface area contributed by atoms with Gasteiger partial charge in [0.05, 0.1) is 5.92 Å². The van der Waals surface area contributed by atoms with Crippen molar-refractivity contribution in [2.24, 2.45) is 11.8 Å². The van der Waals surface area contributed by atoms with Gasteiger partial charge in [-0.05, 0) is 44.7 Å². The molecule has 3 saturated heterocycles.